The molecule has 0 amide bonds. The van der Waals surface area contributed by atoms with Crippen LogP contribution in [0.2, 0.25) is 0 Å². The van der Waals surface area contributed by atoms with Crippen molar-refractivity contribution >= 4 is 23.3 Å². The van der Waals surface area contributed by atoms with Crippen molar-refractivity contribution in [1.29, 1.82) is 0 Å². The Bertz CT molecular complexity index is 2310. The van der Waals surface area contributed by atoms with E-state index in [1.165, 1.54) is 5.56 Å². The topological polar surface area (TPSA) is 114 Å². The minimum atomic E-state index is -1.07. The number of hydrogen-bond acceptors (Lipinski definition) is 6. The number of hydrogen-bond donors (Lipinski definition) is 3. The first-order valence-electron chi connectivity index (χ1n) is 17.7. The average molecular weight is 722 g/mol. The summed E-state index contributed by atoms with van der Waals surface area (Å²) in [5.41, 5.74) is 7.61. The van der Waals surface area contributed by atoms with Gasteiger partial charge in [0.2, 0.25) is 0 Å². The van der Waals surface area contributed by atoms with Crippen LogP contribution in [0.15, 0.2) is 127 Å². The Morgan fingerprint density at radius 1 is 0.593 bits per heavy atom. The van der Waals surface area contributed by atoms with Crippen molar-refractivity contribution in [3.8, 4) is 45.3 Å². The van der Waals surface area contributed by atoms with Crippen molar-refractivity contribution in [2.75, 3.05) is 19.5 Å². The van der Waals surface area contributed by atoms with Gasteiger partial charge in [0, 0.05) is 6.42 Å². The molecule has 0 fully saturated rings. The van der Waals surface area contributed by atoms with Gasteiger partial charge in [0.25, 0.3) is 0 Å². The van der Waals surface area contributed by atoms with Crippen LogP contribution in [0.25, 0.3) is 22.3 Å². The van der Waals surface area contributed by atoms with Crippen LogP contribution in [0.3, 0.4) is 0 Å². The van der Waals surface area contributed by atoms with Crippen LogP contribution < -0.4 is 19.5 Å². The number of nitrogens with one attached hydrogen (secondary N) is 1. The monoisotopic (exact) mass is 721 g/mol. The van der Waals surface area contributed by atoms with E-state index >= 15 is 0 Å². The molecule has 3 N–H and O–H groups in total. The van der Waals surface area contributed by atoms with Gasteiger partial charge < -0.3 is 29.7 Å². The molecule has 8 heteroatoms. The van der Waals surface area contributed by atoms with Crippen LogP contribution in [-0.2, 0) is 11.8 Å². The van der Waals surface area contributed by atoms with Crippen molar-refractivity contribution in [1.82, 2.24) is 0 Å². The summed E-state index contributed by atoms with van der Waals surface area (Å²) < 4.78 is 17.7. The second-order valence-electron chi connectivity index (χ2n) is 13.7. The summed E-state index contributed by atoms with van der Waals surface area (Å²) in [7, 11) is 3.15. The number of aromatic carboxylic acids is 2. The average Bonchev–Trinajstić information content (AvgIpc) is 3.18. The van der Waals surface area contributed by atoms with Gasteiger partial charge in [-0.15, -0.1) is 0 Å². The minimum Gasteiger partial charge on any atom is -0.496 e. The third kappa shape index (κ3) is 8.24. The first-order valence-corrected chi connectivity index (χ1v) is 17.7. The van der Waals surface area contributed by atoms with Gasteiger partial charge in [-0.25, -0.2) is 9.59 Å². The molecule has 0 unspecified atom stereocenters. The van der Waals surface area contributed by atoms with Crippen molar-refractivity contribution in [3.05, 3.63) is 155 Å². The molecule has 0 saturated carbocycles. The molecule has 54 heavy (non-hydrogen) atoms. The SMILES string of the molecule is CCC(C)(C)c1ccc(Oc2cccc(-c3ccc(C(=O)O)c(Nc4ccc(-c5ccc(Cc6ccccc6C(=O)O)c(OC)c5)cc4OC)c3)c2)cc1. The zero-order chi connectivity index (χ0) is 38.4. The number of ether oxygens (including phenoxy) is 3. The molecule has 0 aliphatic rings. The first-order chi connectivity index (χ1) is 26.0. The first kappa shape index (κ1) is 37.2. The highest BCUT2D eigenvalue weighted by molar-refractivity contribution is 5.97. The van der Waals surface area contributed by atoms with Crippen LogP contribution in [-0.4, -0.2) is 36.4 Å². The van der Waals surface area contributed by atoms with Crippen molar-refractivity contribution in [2.45, 2.75) is 39.0 Å². The van der Waals surface area contributed by atoms with E-state index in [0.717, 1.165) is 40.0 Å². The highest BCUT2D eigenvalue weighted by Gasteiger charge is 2.19. The van der Waals surface area contributed by atoms with E-state index in [1.54, 1.807) is 44.6 Å². The number of anilines is 2. The van der Waals surface area contributed by atoms with Gasteiger partial charge in [0.1, 0.15) is 23.0 Å². The van der Waals surface area contributed by atoms with Crippen LogP contribution in [0.5, 0.6) is 23.0 Å². The number of carboxylic acids is 2. The Hall–Kier alpha value is -6.54. The van der Waals surface area contributed by atoms with Crippen LogP contribution >= 0.6 is 0 Å². The smallest absolute Gasteiger partial charge is 0.337 e. The molecule has 6 rings (SSSR count). The third-order valence-electron chi connectivity index (χ3n) is 9.89. The minimum absolute atomic E-state index is 0.0833. The highest BCUT2D eigenvalue weighted by atomic mass is 16.5. The maximum absolute atomic E-state index is 12.3. The molecule has 0 bridgehead atoms. The molecule has 0 atom stereocenters. The number of carboxylic acid groups (broad SMARTS) is 2. The van der Waals surface area contributed by atoms with E-state index in [1.807, 2.05) is 84.9 Å². The molecular formula is C46H43NO7. The molecule has 0 spiro atoms. The second kappa shape index (κ2) is 16.0. The molecule has 0 aromatic heterocycles. The van der Waals surface area contributed by atoms with E-state index in [0.29, 0.717) is 40.6 Å². The number of carbonyl (C=O) groups is 2. The predicted octanol–water partition coefficient (Wildman–Crippen LogP) is 11.2. The number of rotatable bonds is 14. The molecule has 0 radical (unpaired) electrons. The number of methoxy groups -OCH3 is 2. The van der Waals surface area contributed by atoms with Gasteiger partial charge in [-0.05, 0) is 111 Å². The fraction of sp³-hybridized carbons (Fsp3) is 0.174. The van der Waals surface area contributed by atoms with E-state index < -0.39 is 11.9 Å². The molecular weight excluding hydrogens is 679 g/mol. The Balaban J connectivity index is 1.25. The van der Waals surface area contributed by atoms with Crippen molar-refractivity contribution < 1.29 is 34.0 Å². The summed E-state index contributed by atoms with van der Waals surface area (Å²) in [4.78, 5) is 24.1. The maximum Gasteiger partial charge on any atom is 0.337 e. The van der Waals surface area contributed by atoms with E-state index in [2.05, 4.69) is 38.2 Å². The van der Waals surface area contributed by atoms with Crippen LogP contribution in [0, 0.1) is 0 Å². The van der Waals surface area contributed by atoms with Gasteiger partial charge >= 0.3 is 11.9 Å². The largest absolute Gasteiger partial charge is 0.496 e. The maximum atomic E-state index is 12.3. The molecule has 6 aromatic carbocycles. The molecule has 0 saturated heterocycles. The van der Waals surface area contributed by atoms with E-state index in [9.17, 15) is 19.8 Å². The fourth-order valence-electron chi connectivity index (χ4n) is 6.34. The summed E-state index contributed by atoms with van der Waals surface area (Å²) in [6.45, 7) is 6.63. The second-order valence-corrected chi connectivity index (χ2v) is 13.7. The lowest BCUT2D eigenvalue weighted by Gasteiger charge is -2.23. The van der Waals surface area contributed by atoms with Gasteiger partial charge in [-0.3, -0.25) is 0 Å². The normalized spacial score (nSPS) is 11.1. The summed E-state index contributed by atoms with van der Waals surface area (Å²) in [6.07, 6.45) is 1.43. The lowest BCUT2D eigenvalue weighted by molar-refractivity contribution is 0.0686. The lowest BCUT2D eigenvalue weighted by Crippen LogP contribution is -2.14. The molecule has 0 aliphatic heterocycles. The lowest BCUT2D eigenvalue weighted by atomic mass is 9.82. The number of benzene rings is 6. The zero-order valence-corrected chi connectivity index (χ0v) is 31.0. The summed E-state index contributed by atoms with van der Waals surface area (Å²) >= 11 is 0. The third-order valence-corrected chi connectivity index (χ3v) is 9.89. The molecule has 8 nitrogen and oxygen atoms in total. The molecule has 6 aromatic rings. The van der Waals surface area contributed by atoms with Crippen LogP contribution in [0.1, 0.15) is 64.6 Å². The van der Waals surface area contributed by atoms with Gasteiger partial charge in [-0.1, -0.05) is 87.5 Å². The Morgan fingerprint density at radius 2 is 1.22 bits per heavy atom. The highest BCUT2D eigenvalue weighted by Crippen LogP contribution is 2.38. The zero-order valence-electron chi connectivity index (χ0n) is 31.0. The summed E-state index contributed by atoms with van der Waals surface area (Å²) in [6, 6.07) is 39.4. The standard InChI is InChI=1S/C46H43NO7/c1-6-46(2,3)35-18-20-36(21-19-35)54-37-12-9-11-29(25-37)30-16-22-39(45(50)51)41(26-30)47-40-23-17-32(28-43(40)53-5)31-14-15-34(42(27-31)52-4)24-33-10-7-8-13-38(33)44(48)49/h7-23,25-28,47H,6,24H2,1-5H3,(H,48,49)(H,50,51). The molecule has 0 aliphatic carbocycles. The quantitative estimate of drug-likeness (QED) is 0.102. The van der Waals surface area contributed by atoms with Gasteiger partial charge in [0.05, 0.1) is 36.7 Å². The summed E-state index contributed by atoms with van der Waals surface area (Å²) in [5.74, 6) is 0.495. The Kier molecular flexibility index (Phi) is 11.0. The fourth-order valence-corrected chi connectivity index (χ4v) is 6.34. The van der Waals surface area contributed by atoms with Crippen molar-refractivity contribution in [3.63, 3.8) is 0 Å². The predicted molar refractivity (Wildman–Crippen MR) is 213 cm³/mol. The van der Waals surface area contributed by atoms with Crippen molar-refractivity contribution in [2.24, 2.45) is 0 Å². The van der Waals surface area contributed by atoms with Gasteiger partial charge in [-0.2, -0.15) is 0 Å². The molecule has 274 valence electrons. The Labute approximate surface area is 315 Å². The molecule has 0 heterocycles. The van der Waals surface area contributed by atoms with E-state index in [-0.39, 0.29) is 16.5 Å². The Morgan fingerprint density at radius 3 is 1.91 bits per heavy atom. The van der Waals surface area contributed by atoms with E-state index in [4.69, 9.17) is 14.2 Å². The van der Waals surface area contributed by atoms with Gasteiger partial charge in [0.15, 0.2) is 0 Å². The summed E-state index contributed by atoms with van der Waals surface area (Å²) in [5, 5.41) is 23.0. The van der Waals surface area contributed by atoms with Crippen LogP contribution in [0.4, 0.5) is 11.4 Å².